The smallest absolute Gasteiger partial charge is 0.233 e. The maximum atomic E-state index is 13.9. The van der Waals surface area contributed by atoms with Gasteiger partial charge in [-0.1, -0.05) is 11.8 Å². The summed E-state index contributed by atoms with van der Waals surface area (Å²) in [5.41, 5.74) is 0.226. The number of H-pyrrole nitrogens is 1. The Labute approximate surface area is 191 Å². The number of ketones is 1. The normalized spacial score (nSPS) is 16.2. The minimum Gasteiger partial charge on any atom is -0.491 e. The van der Waals surface area contributed by atoms with Crippen molar-refractivity contribution in [3.63, 3.8) is 0 Å². The molecule has 0 radical (unpaired) electrons. The van der Waals surface area contributed by atoms with E-state index in [2.05, 4.69) is 9.97 Å². The minimum atomic E-state index is -0.772. The van der Waals surface area contributed by atoms with E-state index in [1.807, 2.05) is 0 Å². The zero-order valence-electron chi connectivity index (χ0n) is 17.6. The molecular weight excluding hydrogens is 459 g/mol. The molecule has 1 aromatic heterocycles. The highest BCUT2D eigenvalue weighted by Crippen LogP contribution is 2.23. The van der Waals surface area contributed by atoms with Gasteiger partial charge in [-0.3, -0.25) is 9.59 Å². The lowest BCUT2D eigenvalue weighted by atomic mass is 10.1. The van der Waals surface area contributed by atoms with Gasteiger partial charge in [-0.15, -0.1) is 0 Å². The highest BCUT2D eigenvalue weighted by atomic mass is 32.2. The van der Waals surface area contributed by atoms with E-state index in [9.17, 15) is 22.8 Å². The summed E-state index contributed by atoms with van der Waals surface area (Å²) < 4.78 is 52.3. The molecule has 11 heteroatoms. The Morgan fingerprint density at radius 2 is 2.06 bits per heavy atom. The van der Waals surface area contributed by atoms with E-state index in [1.54, 1.807) is 4.90 Å². The Morgan fingerprint density at radius 1 is 1.24 bits per heavy atom. The number of benzene rings is 2. The number of carbonyl (C=O) groups is 2. The average Bonchev–Trinajstić information content (AvgIpc) is 3.19. The molecule has 1 amide bonds. The van der Waals surface area contributed by atoms with Gasteiger partial charge in [-0.25, -0.2) is 18.2 Å². The van der Waals surface area contributed by atoms with Crippen LogP contribution in [0.3, 0.4) is 0 Å². The van der Waals surface area contributed by atoms with Gasteiger partial charge in [-0.05, 0) is 25.1 Å². The van der Waals surface area contributed by atoms with Crippen molar-refractivity contribution in [1.29, 1.82) is 0 Å². The molecule has 2 heterocycles. The Morgan fingerprint density at radius 3 is 2.82 bits per heavy atom. The number of thioether (sulfide) groups is 1. The third kappa shape index (κ3) is 5.48. The van der Waals surface area contributed by atoms with Gasteiger partial charge in [0.15, 0.2) is 16.8 Å². The number of morpholine rings is 1. The molecule has 7 nitrogen and oxygen atoms in total. The van der Waals surface area contributed by atoms with E-state index in [-0.39, 0.29) is 52.9 Å². The lowest BCUT2D eigenvalue weighted by Crippen LogP contribution is -2.48. The quantitative estimate of drug-likeness (QED) is 0.412. The molecule has 1 saturated heterocycles. The number of amides is 1. The molecule has 0 saturated carbocycles. The summed E-state index contributed by atoms with van der Waals surface area (Å²) in [6.45, 7) is 2.39. The van der Waals surface area contributed by atoms with Crippen LogP contribution in [0.15, 0.2) is 35.5 Å². The van der Waals surface area contributed by atoms with E-state index >= 15 is 0 Å². The first kappa shape index (κ1) is 23.1. The molecule has 3 aromatic rings. The van der Waals surface area contributed by atoms with Crippen LogP contribution in [0.5, 0.6) is 5.75 Å². The molecule has 1 N–H and O–H groups in total. The van der Waals surface area contributed by atoms with Gasteiger partial charge in [0.1, 0.15) is 35.6 Å². The molecule has 4 rings (SSSR count). The van der Waals surface area contributed by atoms with Crippen LogP contribution in [0.2, 0.25) is 0 Å². The predicted octanol–water partition coefficient (Wildman–Crippen LogP) is 3.58. The monoisotopic (exact) mass is 479 g/mol. The Kier molecular flexibility index (Phi) is 6.89. The van der Waals surface area contributed by atoms with Crippen LogP contribution in [-0.4, -0.2) is 64.7 Å². The molecule has 174 valence electrons. The number of hydrogen-bond acceptors (Lipinski definition) is 6. The van der Waals surface area contributed by atoms with Crippen LogP contribution in [0.1, 0.15) is 17.3 Å². The number of ether oxygens (including phenoxy) is 2. The summed E-state index contributed by atoms with van der Waals surface area (Å²) in [6, 6.07) is 5.90. The number of hydrogen-bond donors (Lipinski definition) is 1. The number of halogens is 3. The first-order valence-corrected chi connectivity index (χ1v) is 11.1. The summed E-state index contributed by atoms with van der Waals surface area (Å²) in [5.74, 6) is -2.38. The maximum Gasteiger partial charge on any atom is 0.233 e. The Hall–Kier alpha value is -3.05. The van der Waals surface area contributed by atoms with Gasteiger partial charge in [0.05, 0.1) is 30.0 Å². The molecule has 1 aliphatic rings. The van der Waals surface area contributed by atoms with Crippen molar-refractivity contribution in [2.75, 3.05) is 32.1 Å². The molecule has 1 fully saturated rings. The van der Waals surface area contributed by atoms with Gasteiger partial charge in [-0.2, -0.15) is 0 Å². The first-order chi connectivity index (χ1) is 15.8. The van der Waals surface area contributed by atoms with Gasteiger partial charge < -0.3 is 19.4 Å². The van der Waals surface area contributed by atoms with Crippen LogP contribution >= 0.6 is 11.8 Å². The van der Waals surface area contributed by atoms with Crippen LogP contribution < -0.4 is 4.74 Å². The topological polar surface area (TPSA) is 84.5 Å². The minimum absolute atomic E-state index is 0.0112. The summed E-state index contributed by atoms with van der Waals surface area (Å²) in [5, 5.41) is 0.312. The summed E-state index contributed by atoms with van der Waals surface area (Å²) in [4.78, 5) is 32.4. The van der Waals surface area contributed by atoms with Crippen LogP contribution in [-0.2, 0) is 9.53 Å². The number of carbonyl (C=O) groups excluding carboxylic acids is 2. The van der Waals surface area contributed by atoms with Crippen LogP contribution in [0.4, 0.5) is 13.2 Å². The molecule has 1 aliphatic heterocycles. The highest BCUT2D eigenvalue weighted by Gasteiger charge is 2.25. The van der Waals surface area contributed by atoms with E-state index in [0.717, 1.165) is 30.0 Å². The molecule has 2 aromatic carbocycles. The van der Waals surface area contributed by atoms with Crippen molar-refractivity contribution in [2.24, 2.45) is 0 Å². The number of imidazole rings is 1. The van der Waals surface area contributed by atoms with E-state index in [0.29, 0.717) is 18.3 Å². The fraction of sp³-hybridized carbons (Fsp3) is 0.318. The van der Waals surface area contributed by atoms with Crippen molar-refractivity contribution in [3.05, 3.63) is 53.3 Å². The molecule has 1 unspecified atom stereocenters. The second-order valence-corrected chi connectivity index (χ2v) is 8.42. The second kappa shape index (κ2) is 9.84. The molecule has 33 heavy (non-hydrogen) atoms. The zero-order valence-corrected chi connectivity index (χ0v) is 18.4. The second-order valence-electron chi connectivity index (χ2n) is 7.46. The number of nitrogens with zero attached hydrogens (tertiary/aromatic N) is 2. The molecule has 1 atom stereocenters. The molecule has 0 bridgehead atoms. The third-order valence-corrected chi connectivity index (χ3v) is 5.92. The van der Waals surface area contributed by atoms with Crippen LogP contribution in [0.25, 0.3) is 11.0 Å². The van der Waals surface area contributed by atoms with E-state index in [4.69, 9.17) is 9.47 Å². The van der Waals surface area contributed by atoms with Crippen molar-refractivity contribution in [3.8, 4) is 5.75 Å². The van der Waals surface area contributed by atoms with Gasteiger partial charge >= 0.3 is 0 Å². The number of aromatic amines is 1. The number of nitrogens with one attached hydrogen (secondary N) is 1. The fourth-order valence-corrected chi connectivity index (χ4v) is 4.20. The number of aromatic nitrogens is 2. The number of fused-ring (bicyclic) bond motifs is 1. The predicted molar refractivity (Wildman–Crippen MR) is 115 cm³/mol. The zero-order chi connectivity index (χ0) is 23.5. The van der Waals surface area contributed by atoms with Crippen molar-refractivity contribution in [2.45, 2.75) is 18.2 Å². The fourth-order valence-electron chi connectivity index (χ4n) is 3.42. The Balaban J connectivity index is 1.30. The van der Waals surface area contributed by atoms with Crippen molar-refractivity contribution < 1.29 is 32.2 Å². The third-order valence-electron chi connectivity index (χ3n) is 5.06. The standard InChI is InChI=1S/C22H20F3N3O4S/c1-12(29)16-3-2-14(8-17(16)24)32-10-15-9-28(4-5-31-15)20(30)11-33-22-26-19-7-13(23)6-18(25)21(19)27-22/h2-3,6-8,15H,4-5,9-11H2,1H3,(H,26,27). The van der Waals surface area contributed by atoms with Gasteiger partial charge in [0.25, 0.3) is 0 Å². The number of rotatable bonds is 7. The Bertz CT molecular complexity index is 1200. The summed E-state index contributed by atoms with van der Waals surface area (Å²) in [7, 11) is 0. The molecule has 0 spiro atoms. The van der Waals surface area contributed by atoms with Crippen molar-refractivity contribution >= 4 is 34.5 Å². The maximum absolute atomic E-state index is 13.9. The number of Topliss-reactive ketones (excluding diaryl/α,β-unsaturated/α-hetero) is 1. The lowest BCUT2D eigenvalue weighted by molar-refractivity contribution is -0.137. The van der Waals surface area contributed by atoms with Gasteiger partial charge in [0.2, 0.25) is 5.91 Å². The SMILES string of the molecule is CC(=O)c1ccc(OCC2CN(C(=O)CSc3nc4c(F)cc(F)cc4[nH]3)CCO2)cc1F. The first-order valence-electron chi connectivity index (χ1n) is 10.1. The highest BCUT2D eigenvalue weighted by molar-refractivity contribution is 7.99. The van der Waals surface area contributed by atoms with E-state index in [1.165, 1.54) is 19.1 Å². The molecule has 0 aliphatic carbocycles. The summed E-state index contributed by atoms with van der Waals surface area (Å²) in [6.07, 6.45) is -0.411. The largest absolute Gasteiger partial charge is 0.491 e. The van der Waals surface area contributed by atoms with E-state index < -0.39 is 23.6 Å². The van der Waals surface area contributed by atoms with Crippen molar-refractivity contribution in [1.82, 2.24) is 14.9 Å². The van der Waals surface area contributed by atoms with Gasteiger partial charge in [0, 0.05) is 18.7 Å². The average molecular weight is 479 g/mol. The molecular formula is C22H20F3N3O4S. The van der Waals surface area contributed by atoms with Crippen LogP contribution in [0, 0.1) is 17.5 Å². The summed E-state index contributed by atoms with van der Waals surface area (Å²) >= 11 is 1.09. The lowest BCUT2D eigenvalue weighted by Gasteiger charge is -2.32.